The van der Waals surface area contributed by atoms with Gasteiger partial charge in [-0.05, 0) is 47.0 Å². The predicted octanol–water partition coefficient (Wildman–Crippen LogP) is 3.02. The number of hydrogen-bond acceptors (Lipinski definition) is 5. The van der Waals surface area contributed by atoms with E-state index in [1.165, 1.54) is 0 Å². The fraction of sp³-hybridized carbons (Fsp3) is 0.0500. The van der Waals surface area contributed by atoms with Gasteiger partial charge in [0.15, 0.2) is 0 Å². The first-order valence-corrected chi connectivity index (χ1v) is 8.13. The van der Waals surface area contributed by atoms with Crippen molar-refractivity contribution in [3.63, 3.8) is 0 Å². The number of aromatic nitrogens is 4. The molecule has 0 atom stereocenters. The summed E-state index contributed by atoms with van der Waals surface area (Å²) in [5, 5.41) is 3.78. The number of fused-ring (bicyclic) bond motifs is 1. The molecule has 1 amide bonds. The third-order valence-corrected chi connectivity index (χ3v) is 4.01. The molecule has 0 saturated carbocycles. The van der Waals surface area contributed by atoms with Crippen LogP contribution < -0.4 is 5.32 Å². The van der Waals surface area contributed by atoms with E-state index >= 15 is 0 Å². The van der Waals surface area contributed by atoms with Crippen molar-refractivity contribution in [3.05, 3.63) is 84.8 Å². The smallest absolute Gasteiger partial charge is 0.270 e. The monoisotopic (exact) mass is 341 g/mol. The van der Waals surface area contributed by atoms with Crippen LogP contribution in [0.4, 0.5) is 0 Å². The third-order valence-electron chi connectivity index (χ3n) is 4.01. The summed E-state index contributed by atoms with van der Waals surface area (Å²) in [6.07, 6.45) is 10.3. The zero-order chi connectivity index (χ0) is 17.8. The topological polar surface area (TPSA) is 80.7 Å². The van der Waals surface area contributed by atoms with Crippen molar-refractivity contribution in [3.8, 4) is 11.1 Å². The minimum atomic E-state index is -0.233. The second-order valence-electron chi connectivity index (χ2n) is 5.73. The lowest BCUT2D eigenvalue weighted by Gasteiger charge is -2.10. The van der Waals surface area contributed by atoms with Crippen LogP contribution in [0.1, 0.15) is 16.1 Å². The van der Waals surface area contributed by atoms with Crippen molar-refractivity contribution in [2.75, 3.05) is 0 Å². The van der Waals surface area contributed by atoms with Crippen molar-refractivity contribution in [2.45, 2.75) is 6.54 Å². The molecule has 0 fully saturated rings. The molecular formula is C20H15N5O. The largest absolute Gasteiger partial charge is 0.347 e. The first-order valence-electron chi connectivity index (χ1n) is 8.13. The number of nitrogens with one attached hydrogen (secondary N) is 1. The van der Waals surface area contributed by atoms with Crippen LogP contribution in [0.3, 0.4) is 0 Å². The summed E-state index contributed by atoms with van der Waals surface area (Å²) in [4.78, 5) is 29.4. The number of carbonyl (C=O) groups excluding carboxylic acids is 1. The summed E-state index contributed by atoms with van der Waals surface area (Å²) in [5.74, 6) is -0.233. The number of pyridine rings is 4. The summed E-state index contributed by atoms with van der Waals surface area (Å²) in [6.45, 7) is 0.396. The van der Waals surface area contributed by atoms with Crippen molar-refractivity contribution in [2.24, 2.45) is 0 Å². The molecule has 0 unspecified atom stereocenters. The van der Waals surface area contributed by atoms with Gasteiger partial charge in [0.2, 0.25) is 0 Å². The SMILES string of the molecule is O=C(NCc1cccnc1)c1cc(-c2ccncc2)c2cnccc2n1. The van der Waals surface area contributed by atoms with Crippen LogP contribution >= 0.6 is 0 Å². The van der Waals surface area contributed by atoms with Gasteiger partial charge in [0.1, 0.15) is 5.69 Å². The Morgan fingerprint density at radius 3 is 2.54 bits per heavy atom. The molecule has 126 valence electrons. The molecule has 0 radical (unpaired) electrons. The van der Waals surface area contributed by atoms with Gasteiger partial charge in [-0.1, -0.05) is 6.07 Å². The van der Waals surface area contributed by atoms with E-state index in [1.54, 1.807) is 49.3 Å². The second-order valence-corrected chi connectivity index (χ2v) is 5.73. The van der Waals surface area contributed by atoms with Crippen LogP contribution in [0.2, 0.25) is 0 Å². The van der Waals surface area contributed by atoms with E-state index in [0.717, 1.165) is 27.6 Å². The molecule has 0 aromatic carbocycles. The predicted molar refractivity (Wildman–Crippen MR) is 98.2 cm³/mol. The quantitative estimate of drug-likeness (QED) is 0.617. The summed E-state index contributed by atoms with van der Waals surface area (Å²) >= 11 is 0. The van der Waals surface area contributed by atoms with E-state index in [9.17, 15) is 4.79 Å². The van der Waals surface area contributed by atoms with Gasteiger partial charge < -0.3 is 5.32 Å². The van der Waals surface area contributed by atoms with E-state index < -0.39 is 0 Å². The van der Waals surface area contributed by atoms with Gasteiger partial charge in [-0.25, -0.2) is 4.98 Å². The molecule has 4 aromatic rings. The first-order chi connectivity index (χ1) is 12.8. The average molecular weight is 341 g/mol. The maximum Gasteiger partial charge on any atom is 0.270 e. The summed E-state index contributed by atoms with van der Waals surface area (Å²) < 4.78 is 0. The molecule has 0 saturated heterocycles. The van der Waals surface area contributed by atoms with Gasteiger partial charge in [0.05, 0.1) is 5.52 Å². The van der Waals surface area contributed by atoms with E-state index in [-0.39, 0.29) is 5.91 Å². The van der Waals surface area contributed by atoms with E-state index in [4.69, 9.17) is 0 Å². The maximum atomic E-state index is 12.6. The zero-order valence-corrected chi connectivity index (χ0v) is 13.8. The first kappa shape index (κ1) is 15.8. The molecular weight excluding hydrogens is 326 g/mol. The van der Waals surface area contributed by atoms with Crippen LogP contribution in [-0.4, -0.2) is 25.8 Å². The minimum absolute atomic E-state index is 0.233. The van der Waals surface area contributed by atoms with Crippen molar-refractivity contribution < 1.29 is 4.79 Å². The normalized spacial score (nSPS) is 10.6. The Hall–Kier alpha value is -3.67. The third kappa shape index (κ3) is 3.25. The van der Waals surface area contributed by atoms with Gasteiger partial charge >= 0.3 is 0 Å². The molecule has 0 aliphatic rings. The van der Waals surface area contributed by atoms with Gasteiger partial charge in [-0.15, -0.1) is 0 Å². The number of hydrogen-bond donors (Lipinski definition) is 1. The van der Waals surface area contributed by atoms with E-state index in [2.05, 4.69) is 25.3 Å². The highest BCUT2D eigenvalue weighted by molar-refractivity contribution is 6.00. The van der Waals surface area contributed by atoms with Crippen molar-refractivity contribution in [1.29, 1.82) is 0 Å². The average Bonchev–Trinajstić information content (AvgIpc) is 2.72. The Kier molecular flexibility index (Phi) is 4.30. The van der Waals surface area contributed by atoms with Crippen molar-refractivity contribution in [1.82, 2.24) is 25.3 Å². The van der Waals surface area contributed by atoms with Crippen LogP contribution in [0.15, 0.2) is 73.6 Å². The lowest BCUT2D eigenvalue weighted by atomic mass is 10.0. The molecule has 0 spiro atoms. The minimum Gasteiger partial charge on any atom is -0.347 e. The van der Waals surface area contributed by atoms with Gasteiger partial charge in [0.25, 0.3) is 5.91 Å². The summed E-state index contributed by atoms with van der Waals surface area (Å²) in [5.41, 5.74) is 3.87. The molecule has 4 aromatic heterocycles. The fourth-order valence-electron chi connectivity index (χ4n) is 2.73. The Balaban J connectivity index is 1.70. The Morgan fingerprint density at radius 1 is 0.923 bits per heavy atom. The molecule has 1 N–H and O–H groups in total. The highest BCUT2D eigenvalue weighted by Gasteiger charge is 2.13. The molecule has 6 nitrogen and oxygen atoms in total. The van der Waals surface area contributed by atoms with Crippen LogP contribution in [0, 0.1) is 0 Å². The zero-order valence-electron chi connectivity index (χ0n) is 13.8. The molecule has 6 heteroatoms. The Bertz CT molecular complexity index is 1050. The number of nitrogens with zero attached hydrogens (tertiary/aromatic N) is 4. The molecule has 4 rings (SSSR count). The lowest BCUT2D eigenvalue weighted by Crippen LogP contribution is -2.24. The molecule has 0 aliphatic heterocycles. The maximum absolute atomic E-state index is 12.6. The highest BCUT2D eigenvalue weighted by atomic mass is 16.1. The molecule has 0 bridgehead atoms. The lowest BCUT2D eigenvalue weighted by molar-refractivity contribution is 0.0946. The van der Waals surface area contributed by atoms with Crippen LogP contribution in [0.25, 0.3) is 22.0 Å². The number of rotatable bonds is 4. The molecule has 26 heavy (non-hydrogen) atoms. The number of carbonyl (C=O) groups is 1. The molecule has 4 heterocycles. The second kappa shape index (κ2) is 7.06. The van der Waals surface area contributed by atoms with Gasteiger partial charge in [-0.2, -0.15) is 0 Å². The Labute approximate surface area is 150 Å². The summed E-state index contributed by atoms with van der Waals surface area (Å²) in [7, 11) is 0. The van der Waals surface area contributed by atoms with Gasteiger partial charge in [0, 0.05) is 49.1 Å². The molecule has 0 aliphatic carbocycles. The Morgan fingerprint density at radius 2 is 1.73 bits per heavy atom. The van der Waals surface area contributed by atoms with E-state index in [0.29, 0.717) is 12.2 Å². The van der Waals surface area contributed by atoms with Crippen molar-refractivity contribution >= 4 is 16.8 Å². The van der Waals surface area contributed by atoms with Gasteiger partial charge in [-0.3, -0.25) is 19.7 Å². The van der Waals surface area contributed by atoms with Crippen LogP contribution in [0.5, 0.6) is 0 Å². The van der Waals surface area contributed by atoms with Crippen LogP contribution in [-0.2, 0) is 6.54 Å². The standard InChI is InChI=1S/C20H15N5O/c26-20(24-12-14-2-1-6-22-11-14)19-10-16(15-3-7-21-8-4-15)17-13-23-9-5-18(17)25-19/h1-11,13H,12H2,(H,24,26). The van der Waals surface area contributed by atoms with E-state index in [1.807, 2.05) is 24.3 Å². The highest BCUT2D eigenvalue weighted by Crippen LogP contribution is 2.27. The summed E-state index contributed by atoms with van der Waals surface area (Å²) in [6, 6.07) is 11.1. The number of amides is 1. The fourth-order valence-corrected chi connectivity index (χ4v) is 2.73.